The normalized spacial score (nSPS) is 11.9. The van der Waals surface area contributed by atoms with Gasteiger partial charge in [-0.2, -0.15) is 0 Å². The summed E-state index contributed by atoms with van der Waals surface area (Å²) in [6, 6.07) is 8.60. The number of phenolic OH excluding ortho intramolecular Hbond substituents is 1. The summed E-state index contributed by atoms with van der Waals surface area (Å²) in [5, 5.41) is 11.7. The molecule has 5 heteroatoms. The zero-order valence-corrected chi connectivity index (χ0v) is 10.7. The number of hydrogen-bond donors (Lipinski definition) is 2. The van der Waals surface area contributed by atoms with Crippen molar-refractivity contribution in [1.82, 2.24) is 5.32 Å². The lowest BCUT2D eigenvalue weighted by molar-refractivity contribution is 0.0936. The van der Waals surface area contributed by atoms with Crippen molar-refractivity contribution in [3.8, 4) is 5.75 Å². The Hall–Kier alpha value is -2.43. The monoisotopic (exact) mass is 277 g/mol. The molecule has 0 saturated heterocycles. The first-order valence-corrected chi connectivity index (χ1v) is 6.02. The molecular formula is C15H13F2NO2. The first-order chi connectivity index (χ1) is 9.47. The minimum Gasteiger partial charge on any atom is -0.508 e. The fourth-order valence-electron chi connectivity index (χ4n) is 1.80. The zero-order valence-electron chi connectivity index (χ0n) is 10.7. The molecular weight excluding hydrogens is 264 g/mol. The molecule has 0 saturated carbocycles. The molecule has 0 radical (unpaired) electrons. The third-order valence-corrected chi connectivity index (χ3v) is 2.91. The van der Waals surface area contributed by atoms with Gasteiger partial charge in [-0.05, 0) is 36.8 Å². The average molecular weight is 277 g/mol. The van der Waals surface area contributed by atoms with E-state index in [1.807, 2.05) is 0 Å². The molecule has 3 nitrogen and oxygen atoms in total. The van der Waals surface area contributed by atoms with Crippen LogP contribution in [0.2, 0.25) is 0 Å². The van der Waals surface area contributed by atoms with E-state index in [9.17, 15) is 13.6 Å². The molecule has 2 rings (SSSR count). The van der Waals surface area contributed by atoms with Crippen LogP contribution in [-0.2, 0) is 0 Å². The number of carbonyl (C=O) groups is 1. The van der Waals surface area contributed by atoms with Crippen LogP contribution in [0, 0.1) is 11.6 Å². The van der Waals surface area contributed by atoms with Crippen LogP contribution in [0.15, 0.2) is 42.5 Å². The maximum atomic E-state index is 13.5. The number of hydrogen-bond acceptors (Lipinski definition) is 2. The molecule has 1 unspecified atom stereocenters. The van der Waals surface area contributed by atoms with Crippen LogP contribution in [0.4, 0.5) is 8.78 Å². The van der Waals surface area contributed by atoms with Crippen LogP contribution in [0.25, 0.3) is 0 Å². The van der Waals surface area contributed by atoms with Crippen LogP contribution in [0.3, 0.4) is 0 Å². The molecule has 2 aromatic carbocycles. The van der Waals surface area contributed by atoms with E-state index in [1.165, 1.54) is 24.3 Å². The Morgan fingerprint density at radius 3 is 2.40 bits per heavy atom. The molecule has 0 aliphatic rings. The minimum absolute atomic E-state index is 0.156. The summed E-state index contributed by atoms with van der Waals surface area (Å²) < 4.78 is 26.3. The quantitative estimate of drug-likeness (QED) is 0.905. The standard InChI is InChI=1S/C15H13F2NO2/c1-9(10-2-4-11(16)5-3-10)18-15(20)13-7-6-12(19)8-14(13)17/h2-9,19H,1H3,(H,18,20). The summed E-state index contributed by atoms with van der Waals surface area (Å²) in [6.07, 6.45) is 0. The van der Waals surface area contributed by atoms with Crippen molar-refractivity contribution >= 4 is 5.91 Å². The van der Waals surface area contributed by atoms with Gasteiger partial charge >= 0.3 is 0 Å². The van der Waals surface area contributed by atoms with Crippen LogP contribution in [-0.4, -0.2) is 11.0 Å². The van der Waals surface area contributed by atoms with Gasteiger partial charge < -0.3 is 10.4 Å². The maximum absolute atomic E-state index is 13.5. The van der Waals surface area contributed by atoms with Gasteiger partial charge in [-0.3, -0.25) is 4.79 Å². The summed E-state index contributed by atoms with van der Waals surface area (Å²) in [5.74, 6) is -2.00. The van der Waals surface area contributed by atoms with Crippen molar-refractivity contribution in [2.45, 2.75) is 13.0 Å². The number of aromatic hydroxyl groups is 1. The number of nitrogens with one attached hydrogen (secondary N) is 1. The first-order valence-electron chi connectivity index (χ1n) is 6.02. The molecule has 0 aliphatic heterocycles. The number of halogens is 2. The molecule has 2 N–H and O–H groups in total. The van der Waals surface area contributed by atoms with E-state index in [0.717, 1.165) is 6.07 Å². The van der Waals surface area contributed by atoms with Gasteiger partial charge in [-0.15, -0.1) is 0 Å². The van der Waals surface area contributed by atoms with Crippen molar-refractivity contribution in [2.75, 3.05) is 0 Å². The summed E-state index contributed by atoms with van der Waals surface area (Å²) in [4.78, 5) is 11.9. The summed E-state index contributed by atoms with van der Waals surface area (Å²) in [5.41, 5.74) is 0.552. The van der Waals surface area contributed by atoms with Crippen molar-refractivity contribution in [2.24, 2.45) is 0 Å². The van der Waals surface area contributed by atoms with Gasteiger partial charge in [-0.1, -0.05) is 12.1 Å². The van der Waals surface area contributed by atoms with Crippen LogP contribution in [0.1, 0.15) is 28.9 Å². The smallest absolute Gasteiger partial charge is 0.254 e. The third kappa shape index (κ3) is 3.12. The van der Waals surface area contributed by atoms with E-state index < -0.39 is 17.8 Å². The molecule has 20 heavy (non-hydrogen) atoms. The lowest BCUT2D eigenvalue weighted by Gasteiger charge is -2.14. The molecule has 0 heterocycles. The molecule has 0 fully saturated rings. The number of rotatable bonds is 3. The molecule has 0 aliphatic carbocycles. The van der Waals surface area contributed by atoms with Crippen molar-refractivity contribution in [3.05, 3.63) is 65.2 Å². The number of benzene rings is 2. The van der Waals surface area contributed by atoms with Gasteiger partial charge in [0.1, 0.15) is 17.4 Å². The molecule has 0 aromatic heterocycles. The highest BCUT2D eigenvalue weighted by molar-refractivity contribution is 5.94. The Balaban J connectivity index is 2.13. The highest BCUT2D eigenvalue weighted by Gasteiger charge is 2.15. The molecule has 1 amide bonds. The highest BCUT2D eigenvalue weighted by atomic mass is 19.1. The summed E-state index contributed by atoms with van der Waals surface area (Å²) in [7, 11) is 0. The zero-order chi connectivity index (χ0) is 14.7. The van der Waals surface area contributed by atoms with Gasteiger partial charge in [-0.25, -0.2) is 8.78 Å². The summed E-state index contributed by atoms with van der Waals surface area (Å²) >= 11 is 0. The lowest BCUT2D eigenvalue weighted by Crippen LogP contribution is -2.27. The Bertz CT molecular complexity index is 626. The SMILES string of the molecule is CC(NC(=O)c1ccc(O)cc1F)c1ccc(F)cc1. The first kappa shape index (κ1) is 14.0. The van der Waals surface area contributed by atoms with Crippen molar-refractivity contribution < 1.29 is 18.7 Å². The topological polar surface area (TPSA) is 49.3 Å². The fraction of sp³-hybridized carbons (Fsp3) is 0.133. The maximum Gasteiger partial charge on any atom is 0.254 e. The molecule has 0 spiro atoms. The highest BCUT2D eigenvalue weighted by Crippen LogP contribution is 2.17. The predicted molar refractivity (Wildman–Crippen MR) is 70.3 cm³/mol. The second kappa shape index (κ2) is 5.69. The second-order valence-electron chi connectivity index (χ2n) is 4.41. The Morgan fingerprint density at radius 2 is 1.80 bits per heavy atom. The molecule has 0 bridgehead atoms. The largest absolute Gasteiger partial charge is 0.508 e. The number of carbonyl (C=O) groups excluding carboxylic acids is 1. The van der Waals surface area contributed by atoms with Crippen LogP contribution < -0.4 is 5.32 Å². The molecule has 104 valence electrons. The van der Waals surface area contributed by atoms with Crippen LogP contribution >= 0.6 is 0 Å². The van der Waals surface area contributed by atoms with Gasteiger partial charge in [0.25, 0.3) is 5.91 Å². The van der Waals surface area contributed by atoms with Gasteiger partial charge in [0.15, 0.2) is 0 Å². The Kier molecular flexibility index (Phi) is 3.98. The minimum atomic E-state index is -0.797. The Morgan fingerprint density at radius 1 is 1.15 bits per heavy atom. The summed E-state index contributed by atoms with van der Waals surface area (Å²) in [6.45, 7) is 1.71. The van der Waals surface area contributed by atoms with Gasteiger partial charge in [0.2, 0.25) is 0 Å². The Labute approximate surface area is 114 Å². The van der Waals surface area contributed by atoms with E-state index in [-0.39, 0.29) is 17.1 Å². The third-order valence-electron chi connectivity index (χ3n) is 2.91. The van der Waals surface area contributed by atoms with Crippen molar-refractivity contribution in [3.63, 3.8) is 0 Å². The van der Waals surface area contributed by atoms with E-state index in [4.69, 9.17) is 5.11 Å². The average Bonchev–Trinajstić information content (AvgIpc) is 2.39. The van der Waals surface area contributed by atoms with E-state index in [1.54, 1.807) is 19.1 Å². The van der Waals surface area contributed by atoms with Gasteiger partial charge in [0, 0.05) is 6.07 Å². The van der Waals surface area contributed by atoms with E-state index in [2.05, 4.69) is 5.32 Å². The second-order valence-corrected chi connectivity index (χ2v) is 4.41. The number of phenols is 1. The molecule has 1 atom stereocenters. The van der Waals surface area contributed by atoms with E-state index in [0.29, 0.717) is 5.56 Å². The fourth-order valence-corrected chi connectivity index (χ4v) is 1.80. The lowest BCUT2D eigenvalue weighted by atomic mass is 10.1. The predicted octanol–water partition coefficient (Wildman–Crippen LogP) is 3.16. The van der Waals surface area contributed by atoms with Gasteiger partial charge in [0.05, 0.1) is 11.6 Å². The molecule has 2 aromatic rings. The van der Waals surface area contributed by atoms with Crippen LogP contribution in [0.5, 0.6) is 5.75 Å². The van der Waals surface area contributed by atoms with Crippen molar-refractivity contribution in [1.29, 1.82) is 0 Å². The van der Waals surface area contributed by atoms with E-state index >= 15 is 0 Å². The number of amides is 1.